The zero-order valence-electron chi connectivity index (χ0n) is 14.8. The lowest BCUT2D eigenvalue weighted by Gasteiger charge is -2.09. The molecule has 0 aliphatic heterocycles. The Labute approximate surface area is 160 Å². The summed E-state index contributed by atoms with van der Waals surface area (Å²) in [6, 6.07) is 10.9. The van der Waals surface area contributed by atoms with Gasteiger partial charge in [0, 0.05) is 5.69 Å². The van der Waals surface area contributed by atoms with Crippen LogP contribution in [0.2, 0.25) is 0 Å². The van der Waals surface area contributed by atoms with Crippen LogP contribution >= 0.6 is 15.9 Å². The van der Waals surface area contributed by atoms with Gasteiger partial charge in [-0.15, -0.1) is 0 Å². The SMILES string of the molecule is CCOc1ccc(/C=N\NC(=O)C(=O)Nc2cccc(C)c2C)cc1Br. The molecular weight excluding hydrogens is 398 g/mol. The van der Waals surface area contributed by atoms with E-state index in [1.165, 1.54) is 6.21 Å². The minimum atomic E-state index is -0.841. The van der Waals surface area contributed by atoms with Crippen LogP contribution in [0.3, 0.4) is 0 Å². The molecule has 0 heterocycles. The van der Waals surface area contributed by atoms with Gasteiger partial charge in [-0.05, 0) is 77.7 Å². The van der Waals surface area contributed by atoms with Crippen LogP contribution in [-0.4, -0.2) is 24.6 Å². The lowest BCUT2D eigenvalue weighted by molar-refractivity contribution is -0.136. The summed E-state index contributed by atoms with van der Waals surface area (Å²) in [5.41, 5.74) is 5.51. The number of ether oxygens (including phenoxy) is 1. The molecule has 6 nitrogen and oxygen atoms in total. The van der Waals surface area contributed by atoms with Crippen molar-refractivity contribution in [3.8, 4) is 5.75 Å². The van der Waals surface area contributed by atoms with E-state index in [-0.39, 0.29) is 0 Å². The number of carbonyl (C=O) groups is 2. The van der Waals surface area contributed by atoms with Crippen molar-refractivity contribution in [2.45, 2.75) is 20.8 Å². The molecule has 0 radical (unpaired) electrons. The second-order valence-corrected chi connectivity index (χ2v) is 6.38. The lowest BCUT2D eigenvalue weighted by Crippen LogP contribution is -2.32. The molecular formula is C19H20BrN3O3. The number of hydrogen-bond donors (Lipinski definition) is 2. The van der Waals surface area contributed by atoms with Crippen molar-refractivity contribution >= 4 is 39.6 Å². The summed E-state index contributed by atoms with van der Waals surface area (Å²) < 4.78 is 6.21. The molecule has 0 atom stereocenters. The van der Waals surface area contributed by atoms with E-state index in [1.54, 1.807) is 24.3 Å². The molecule has 2 aromatic rings. The van der Waals surface area contributed by atoms with Gasteiger partial charge in [-0.25, -0.2) is 5.43 Å². The zero-order chi connectivity index (χ0) is 19.1. The van der Waals surface area contributed by atoms with E-state index >= 15 is 0 Å². The van der Waals surface area contributed by atoms with E-state index in [0.29, 0.717) is 12.3 Å². The number of carbonyl (C=O) groups excluding carboxylic acids is 2. The third kappa shape index (κ3) is 5.16. The molecule has 136 valence electrons. The van der Waals surface area contributed by atoms with Crippen LogP contribution in [0.5, 0.6) is 5.75 Å². The van der Waals surface area contributed by atoms with Gasteiger partial charge in [0.15, 0.2) is 0 Å². The number of hydrazone groups is 1. The number of hydrogen-bond acceptors (Lipinski definition) is 4. The van der Waals surface area contributed by atoms with Crippen LogP contribution in [0.15, 0.2) is 46.0 Å². The molecule has 0 unspecified atom stereocenters. The number of rotatable bonds is 5. The van der Waals surface area contributed by atoms with Gasteiger partial charge in [0.25, 0.3) is 0 Å². The fourth-order valence-corrected chi connectivity index (χ4v) is 2.66. The Bertz CT molecular complexity index is 850. The number of anilines is 1. The Morgan fingerprint density at radius 1 is 1.19 bits per heavy atom. The first-order chi connectivity index (χ1) is 12.4. The van der Waals surface area contributed by atoms with Crippen molar-refractivity contribution in [3.63, 3.8) is 0 Å². The van der Waals surface area contributed by atoms with E-state index in [0.717, 1.165) is 26.9 Å². The molecule has 0 aliphatic carbocycles. The largest absolute Gasteiger partial charge is 0.493 e. The Hall–Kier alpha value is -2.67. The highest BCUT2D eigenvalue weighted by atomic mass is 79.9. The van der Waals surface area contributed by atoms with Crippen LogP contribution in [0.1, 0.15) is 23.6 Å². The van der Waals surface area contributed by atoms with Gasteiger partial charge in [-0.2, -0.15) is 5.10 Å². The van der Waals surface area contributed by atoms with Gasteiger partial charge < -0.3 is 10.1 Å². The Kier molecular flexibility index (Phi) is 6.91. The molecule has 0 spiro atoms. The molecule has 26 heavy (non-hydrogen) atoms. The number of halogens is 1. The van der Waals surface area contributed by atoms with E-state index in [9.17, 15) is 9.59 Å². The maximum Gasteiger partial charge on any atom is 0.329 e. The zero-order valence-corrected chi connectivity index (χ0v) is 16.4. The molecule has 0 saturated carbocycles. The van der Waals surface area contributed by atoms with Crippen molar-refractivity contribution in [1.29, 1.82) is 0 Å². The smallest absolute Gasteiger partial charge is 0.329 e. The van der Waals surface area contributed by atoms with Crippen LogP contribution in [0, 0.1) is 13.8 Å². The minimum Gasteiger partial charge on any atom is -0.493 e. The number of amides is 2. The molecule has 7 heteroatoms. The highest BCUT2D eigenvalue weighted by Gasteiger charge is 2.14. The van der Waals surface area contributed by atoms with Crippen LogP contribution in [0.25, 0.3) is 0 Å². The fourth-order valence-electron chi connectivity index (χ4n) is 2.15. The molecule has 0 aliphatic rings. The summed E-state index contributed by atoms with van der Waals surface area (Å²) in [6.07, 6.45) is 1.45. The lowest BCUT2D eigenvalue weighted by atomic mass is 10.1. The molecule has 0 aromatic heterocycles. The van der Waals surface area contributed by atoms with Gasteiger partial charge in [-0.1, -0.05) is 12.1 Å². The van der Waals surface area contributed by atoms with Crippen LogP contribution < -0.4 is 15.5 Å². The molecule has 0 saturated heterocycles. The first-order valence-corrected chi connectivity index (χ1v) is 8.84. The molecule has 0 bridgehead atoms. The average Bonchev–Trinajstić information content (AvgIpc) is 2.61. The topological polar surface area (TPSA) is 79.8 Å². The third-order valence-electron chi connectivity index (χ3n) is 3.69. The van der Waals surface area contributed by atoms with E-state index in [4.69, 9.17) is 4.74 Å². The van der Waals surface area contributed by atoms with Crippen molar-refractivity contribution in [3.05, 3.63) is 57.6 Å². The predicted octanol–water partition coefficient (Wildman–Crippen LogP) is 3.55. The summed E-state index contributed by atoms with van der Waals surface area (Å²) in [5, 5.41) is 6.40. The first kappa shape index (κ1) is 19.7. The standard InChI is InChI=1S/C19H20BrN3O3/c1-4-26-17-9-8-14(10-15(17)20)11-21-23-19(25)18(24)22-16-7-5-6-12(2)13(16)3/h5-11H,4H2,1-3H3,(H,22,24)(H,23,25)/b21-11-. The van der Waals surface area contributed by atoms with Gasteiger partial charge in [0.2, 0.25) is 0 Å². The summed E-state index contributed by atoms with van der Waals surface area (Å²) in [4.78, 5) is 23.8. The van der Waals surface area contributed by atoms with Gasteiger partial charge in [0.05, 0.1) is 17.3 Å². The fraction of sp³-hybridized carbons (Fsp3) is 0.211. The summed E-state index contributed by atoms with van der Waals surface area (Å²) >= 11 is 3.40. The molecule has 2 aromatic carbocycles. The Morgan fingerprint density at radius 2 is 1.96 bits per heavy atom. The molecule has 2 N–H and O–H groups in total. The summed E-state index contributed by atoms with van der Waals surface area (Å²) in [6.45, 7) is 6.29. The van der Waals surface area contributed by atoms with Crippen LogP contribution in [-0.2, 0) is 9.59 Å². The second kappa shape index (κ2) is 9.15. The maximum absolute atomic E-state index is 12.0. The minimum absolute atomic E-state index is 0.567. The summed E-state index contributed by atoms with van der Waals surface area (Å²) in [5.74, 6) is -0.891. The van der Waals surface area contributed by atoms with Crippen molar-refractivity contribution in [2.24, 2.45) is 5.10 Å². The van der Waals surface area contributed by atoms with Crippen molar-refractivity contribution in [1.82, 2.24) is 5.43 Å². The third-order valence-corrected chi connectivity index (χ3v) is 4.31. The number of aryl methyl sites for hydroxylation is 1. The van der Waals surface area contributed by atoms with E-state index in [1.807, 2.05) is 32.9 Å². The van der Waals surface area contributed by atoms with Crippen molar-refractivity contribution in [2.75, 3.05) is 11.9 Å². The maximum atomic E-state index is 12.0. The average molecular weight is 418 g/mol. The van der Waals surface area contributed by atoms with Gasteiger partial charge in [-0.3, -0.25) is 9.59 Å². The van der Waals surface area contributed by atoms with E-state index < -0.39 is 11.8 Å². The second-order valence-electron chi connectivity index (χ2n) is 5.52. The normalized spacial score (nSPS) is 10.6. The summed E-state index contributed by atoms with van der Waals surface area (Å²) in [7, 11) is 0. The quantitative estimate of drug-likeness (QED) is 0.443. The molecule has 2 amide bonds. The van der Waals surface area contributed by atoms with Crippen LogP contribution in [0.4, 0.5) is 5.69 Å². The van der Waals surface area contributed by atoms with Crippen molar-refractivity contribution < 1.29 is 14.3 Å². The first-order valence-electron chi connectivity index (χ1n) is 8.05. The van der Waals surface area contributed by atoms with Gasteiger partial charge >= 0.3 is 11.8 Å². The number of nitrogens with zero attached hydrogens (tertiary/aromatic N) is 1. The number of benzene rings is 2. The van der Waals surface area contributed by atoms with E-state index in [2.05, 4.69) is 31.8 Å². The Morgan fingerprint density at radius 3 is 2.65 bits per heavy atom. The number of nitrogens with one attached hydrogen (secondary N) is 2. The molecule has 0 fully saturated rings. The highest BCUT2D eigenvalue weighted by Crippen LogP contribution is 2.25. The Balaban J connectivity index is 1.95. The van der Waals surface area contributed by atoms with Gasteiger partial charge in [0.1, 0.15) is 5.75 Å². The molecule has 2 rings (SSSR count). The highest BCUT2D eigenvalue weighted by molar-refractivity contribution is 9.10. The predicted molar refractivity (Wildman–Crippen MR) is 106 cm³/mol. The monoisotopic (exact) mass is 417 g/mol.